The van der Waals surface area contributed by atoms with Gasteiger partial charge in [0, 0.05) is 19.4 Å². The van der Waals surface area contributed by atoms with Crippen molar-refractivity contribution in [3.8, 4) is 0 Å². The average Bonchev–Trinajstić information content (AvgIpc) is 3.38. The van der Waals surface area contributed by atoms with Crippen LogP contribution in [-0.2, 0) is 32.7 Å². The molecule has 0 aromatic rings. The second-order valence-electron chi connectivity index (χ2n) is 19.8. The Morgan fingerprint density at radius 2 is 0.753 bits per heavy atom. The third-order valence-electron chi connectivity index (χ3n) is 12.8. The molecule has 0 fully saturated rings. The van der Waals surface area contributed by atoms with Crippen LogP contribution in [0.3, 0.4) is 0 Å². The molecule has 0 aromatic carbocycles. The minimum Gasteiger partial charge on any atom is -0.462 e. The zero-order chi connectivity index (χ0) is 53.1. The Bertz CT molecular complexity index is 1470. The summed E-state index contributed by atoms with van der Waals surface area (Å²) in [5.74, 6) is -0.830. The van der Waals surface area contributed by atoms with Gasteiger partial charge >= 0.3 is 19.8 Å². The molecule has 0 heterocycles. The van der Waals surface area contributed by atoms with Gasteiger partial charge in [-0.25, -0.2) is 4.57 Å². The standard InChI is InChI=1S/C63H112NO8P/c1-3-5-7-9-11-13-15-17-19-21-22-23-24-25-26-27-28-29-30-31-32-33-34-35-36-37-38-40-42-44-46-48-50-52-54-56-63(66)72-61(60-71-73(67,68)70-58-57-64)59-69-62(65)55-53-51-49-47-45-43-41-39-20-18-16-14-12-10-8-6-4-2/h5,7,11-14,17-20,22-23,25-26,61H,3-4,6,8-10,15-16,21,24,27-60,64H2,1-2H3,(H,67,68)/b7-5-,13-11-,14-12-,19-17-,20-18-,23-22-,26-25-. The molecule has 0 aliphatic carbocycles. The number of esters is 2. The minimum atomic E-state index is -4.39. The third-order valence-corrected chi connectivity index (χ3v) is 13.7. The van der Waals surface area contributed by atoms with Crippen LogP contribution in [0.2, 0.25) is 0 Å². The number of phosphoric ester groups is 1. The van der Waals surface area contributed by atoms with Crippen molar-refractivity contribution in [2.45, 2.75) is 277 Å². The van der Waals surface area contributed by atoms with Gasteiger partial charge in [0.1, 0.15) is 6.61 Å². The van der Waals surface area contributed by atoms with Gasteiger partial charge in [0.2, 0.25) is 0 Å². The zero-order valence-corrected chi connectivity index (χ0v) is 48.0. The monoisotopic (exact) mass is 1040 g/mol. The van der Waals surface area contributed by atoms with Gasteiger partial charge in [0.05, 0.1) is 13.2 Å². The molecule has 2 atom stereocenters. The van der Waals surface area contributed by atoms with Crippen molar-refractivity contribution >= 4 is 19.8 Å². The Hall–Kier alpha value is -2.81. The van der Waals surface area contributed by atoms with Crippen LogP contribution in [0.5, 0.6) is 0 Å². The summed E-state index contributed by atoms with van der Waals surface area (Å²) < 4.78 is 33.0. The maximum absolute atomic E-state index is 12.7. The molecule has 10 heteroatoms. The highest BCUT2D eigenvalue weighted by molar-refractivity contribution is 7.47. The quantitative estimate of drug-likeness (QED) is 0.0264. The lowest BCUT2D eigenvalue weighted by Crippen LogP contribution is -2.29. The second-order valence-corrected chi connectivity index (χ2v) is 21.3. The average molecular weight is 1040 g/mol. The highest BCUT2D eigenvalue weighted by atomic mass is 31.2. The molecular weight excluding hydrogens is 930 g/mol. The van der Waals surface area contributed by atoms with Gasteiger partial charge in [0.25, 0.3) is 0 Å². The molecule has 0 amide bonds. The van der Waals surface area contributed by atoms with Gasteiger partial charge in [-0.3, -0.25) is 18.6 Å². The second kappa shape index (κ2) is 58.5. The summed E-state index contributed by atoms with van der Waals surface area (Å²) in [4.78, 5) is 35.2. The van der Waals surface area contributed by atoms with E-state index in [9.17, 15) is 19.0 Å². The van der Waals surface area contributed by atoms with Crippen molar-refractivity contribution in [2.24, 2.45) is 5.73 Å². The first-order chi connectivity index (χ1) is 35.8. The minimum absolute atomic E-state index is 0.0507. The molecule has 0 aliphatic rings. The largest absolute Gasteiger partial charge is 0.472 e. The summed E-state index contributed by atoms with van der Waals surface area (Å²) in [5, 5.41) is 0. The Kier molecular flexibility index (Phi) is 56.2. The Labute approximate surface area is 449 Å². The van der Waals surface area contributed by atoms with Gasteiger partial charge < -0.3 is 20.1 Å². The maximum Gasteiger partial charge on any atom is 0.472 e. The molecule has 422 valence electrons. The summed E-state index contributed by atoms with van der Waals surface area (Å²) in [7, 11) is -4.39. The Morgan fingerprint density at radius 1 is 0.425 bits per heavy atom. The van der Waals surface area contributed by atoms with E-state index in [2.05, 4.69) is 98.9 Å². The van der Waals surface area contributed by atoms with Gasteiger partial charge in [-0.1, -0.05) is 253 Å². The van der Waals surface area contributed by atoms with Crippen LogP contribution < -0.4 is 5.73 Å². The zero-order valence-electron chi connectivity index (χ0n) is 47.1. The van der Waals surface area contributed by atoms with E-state index in [0.29, 0.717) is 6.42 Å². The third kappa shape index (κ3) is 58.3. The lowest BCUT2D eigenvalue weighted by atomic mass is 10.0. The van der Waals surface area contributed by atoms with Crippen molar-refractivity contribution in [3.05, 3.63) is 85.1 Å². The number of allylic oxidation sites excluding steroid dienone is 14. The molecule has 0 saturated heterocycles. The fourth-order valence-electron chi connectivity index (χ4n) is 8.34. The SMILES string of the molecule is CC/C=C\C/C=C\C/C=C\C/C=C\C/C=C\CCCCCCCCCCCCCCCCCCCCCC(=O)OC(COC(=O)CCCCCCCCC/C=C\C/C=C\CCCCC)COP(=O)(O)OCCN. The number of nitrogens with two attached hydrogens (primary N) is 1. The Morgan fingerprint density at radius 3 is 1.12 bits per heavy atom. The molecule has 2 unspecified atom stereocenters. The Balaban J connectivity index is 3.88. The van der Waals surface area contributed by atoms with Crippen LogP contribution in [0.1, 0.15) is 271 Å². The number of unbranched alkanes of at least 4 members (excludes halogenated alkanes) is 29. The van der Waals surface area contributed by atoms with Crippen LogP contribution in [-0.4, -0.2) is 49.3 Å². The summed E-state index contributed by atoms with van der Waals surface area (Å²) in [6, 6.07) is 0. The van der Waals surface area contributed by atoms with Gasteiger partial charge in [-0.05, 0) is 89.9 Å². The predicted molar refractivity (Wildman–Crippen MR) is 312 cm³/mol. The van der Waals surface area contributed by atoms with Crippen molar-refractivity contribution < 1.29 is 37.6 Å². The first-order valence-corrected chi connectivity index (χ1v) is 31.6. The molecular formula is C63H112NO8P. The smallest absolute Gasteiger partial charge is 0.462 e. The number of ether oxygens (including phenoxy) is 2. The predicted octanol–water partition coefficient (Wildman–Crippen LogP) is 19.1. The summed E-state index contributed by atoms with van der Waals surface area (Å²) in [6.07, 6.45) is 76.5. The molecule has 3 N–H and O–H groups in total. The van der Waals surface area contributed by atoms with E-state index >= 15 is 0 Å². The van der Waals surface area contributed by atoms with E-state index in [1.807, 2.05) is 0 Å². The van der Waals surface area contributed by atoms with Crippen LogP contribution in [0.4, 0.5) is 0 Å². The van der Waals surface area contributed by atoms with E-state index < -0.39 is 26.5 Å². The number of hydrogen-bond donors (Lipinski definition) is 2. The lowest BCUT2D eigenvalue weighted by molar-refractivity contribution is -0.161. The fourth-order valence-corrected chi connectivity index (χ4v) is 9.11. The van der Waals surface area contributed by atoms with E-state index in [4.69, 9.17) is 24.3 Å². The lowest BCUT2D eigenvalue weighted by Gasteiger charge is -2.19. The number of rotatable bonds is 56. The van der Waals surface area contributed by atoms with Crippen molar-refractivity contribution in [1.29, 1.82) is 0 Å². The number of hydrogen-bond acceptors (Lipinski definition) is 8. The normalized spacial score (nSPS) is 13.6. The highest BCUT2D eigenvalue weighted by Gasteiger charge is 2.26. The van der Waals surface area contributed by atoms with Crippen molar-refractivity contribution in [2.75, 3.05) is 26.4 Å². The van der Waals surface area contributed by atoms with Gasteiger partial charge in [-0.2, -0.15) is 0 Å². The van der Waals surface area contributed by atoms with E-state index in [-0.39, 0.29) is 38.6 Å². The number of phosphoric acid groups is 1. The molecule has 73 heavy (non-hydrogen) atoms. The van der Waals surface area contributed by atoms with Crippen LogP contribution in [0.15, 0.2) is 85.1 Å². The van der Waals surface area contributed by atoms with Crippen LogP contribution >= 0.6 is 7.82 Å². The molecule has 0 radical (unpaired) electrons. The number of carbonyl (C=O) groups excluding carboxylic acids is 2. The molecule has 0 bridgehead atoms. The molecule has 0 aromatic heterocycles. The summed E-state index contributed by atoms with van der Waals surface area (Å²) in [5.41, 5.74) is 5.38. The molecule has 0 spiro atoms. The van der Waals surface area contributed by atoms with Crippen LogP contribution in [0.25, 0.3) is 0 Å². The summed E-state index contributed by atoms with van der Waals surface area (Å²) in [6.45, 7) is 3.61. The van der Waals surface area contributed by atoms with Gasteiger partial charge in [-0.15, -0.1) is 0 Å². The van der Waals surface area contributed by atoms with E-state index in [0.717, 1.165) is 89.9 Å². The summed E-state index contributed by atoms with van der Waals surface area (Å²) >= 11 is 0. The molecule has 9 nitrogen and oxygen atoms in total. The first kappa shape index (κ1) is 70.2. The van der Waals surface area contributed by atoms with Crippen molar-refractivity contribution in [3.63, 3.8) is 0 Å². The van der Waals surface area contributed by atoms with Crippen LogP contribution in [0, 0.1) is 0 Å². The fraction of sp³-hybridized carbons (Fsp3) is 0.746. The first-order valence-electron chi connectivity index (χ1n) is 30.1. The molecule has 0 saturated carbocycles. The highest BCUT2D eigenvalue weighted by Crippen LogP contribution is 2.43. The number of carbonyl (C=O) groups is 2. The van der Waals surface area contributed by atoms with E-state index in [1.165, 1.54) is 148 Å². The van der Waals surface area contributed by atoms with E-state index in [1.54, 1.807) is 0 Å². The molecule has 0 rings (SSSR count). The van der Waals surface area contributed by atoms with Crippen molar-refractivity contribution in [1.82, 2.24) is 0 Å². The maximum atomic E-state index is 12.7. The molecule has 0 aliphatic heterocycles. The van der Waals surface area contributed by atoms with Gasteiger partial charge in [0.15, 0.2) is 6.10 Å². The topological polar surface area (TPSA) is 134 Å².